The minimum Gasteiger partial charge on any atom is -0.394 e. The monoisotopic (exact) mass is 303 g/mol. The maximum Gasteiger partial charge on any atom is 0.221 e. The van der Waals surface area contributed by atoms with Crippen LogP contribution < -0.4 is 5.32 Å². The number of hydrogen-bond donors (Lipinski definition) is 2. The Morgan fingerprint density at radius 2 is 2.10 bits per heavy atom. The average Bonchev–Trinajstić information content (AvgIpc) is 2.42. The Balaban J connectivity index is 2.40. The summed E-state index contributed by atoms with van der Waals surface area (Å²) in [5, 5.41) is 12.0. The van der Waals surface area contributed by atoms with E-state index in [1.54, 1.807) is 6.92 Å². The molecule has 0 aliphatic carbocycles. The molecule has 0 saturated carbocycles. The summed E-state index contributed by atoms with van der Waals surface area (Å²) in [7, 11) is 0. The average molecular weight is 303 g/mol. The summed E-state index contributed by atoms with van der Waals surface area (Å²) in [6.07, 6.45) is 0.880. The zero-order valence-corrected chi connectivity index (χ0v) is 12.4. The van der Waals surface area contributed by atoms with Crippen LogP contribution in [0.5, 0.6) is 0 Å². The lowest BCUT2D eigenvalue weighted by Gasteiger charge is -2.27. The van der Waals surface area contributed by atoms with Crippen molar-refractivity contribution < 1.29 is 18.7 Å². The fraction of sp³-hybridized carbons (Fsp3) is 0.500. The highest BCUT2D eigenvalue weighted by Gasteiger charge is 2.22. The lowest BCUT2D eigenvalue weighted by atomic mass is 10.0. The molecule has 1 atom stereocenters. The summed E-state index contributed by atoms with van der Waals surface area (Å²) in [4.78, 5) is 12.3. The highest BCUT2D eigenvalue weighted by atomic mass is 32.2. The van der Waals surface area contributed by atoms with E-state index in [1.165, 1.54) is 17.8 Å². The first-order valence-electron chi connectivity index (χ1n) is 6.40. The first-order valence-corrected chi connectivity index (χ1v) is 7.38. The molecule has 0 fully saturated rings. The Morgan fingerprint density at radius 1 is 1.40 bits per heavy atom. The van der Waals surface area contributed by atoms with Crippen LogP contribution >= 0.6 is 11.8 Å². The molecule has 0 heterocycles. The van der Waals surface area contributed by atoms with E-state index in [0.29, 0.717) is 17.1 Å². The number of amides is 1. The molecular weight excluding hydrogens is 284 g/mol. The normalized spacial score (nSPS) is 13.8. The Kier molecular flexibility index (Phi) is 6.42. The number of carbonyl (C=O) groups is 1. The van der Waals surface area contributed by atoms with Gasteiger partial charge in [-0.05, 0) is 31.5 Å². The van der Waals surface area contributed by atoms with E-state index in [2.05, 4.69) is 5.32 Å². The molecule has 3 nitrogen and oxygen atoms in total. The molecule has 0 radical (unpaired) electrons. The number of nitrogens with one attached hydrogen (secondary N) is 1. The van der Waals surface area contributed by atoms with Crippen LogP contribution in [-0.2, 0) is 4.79 Å². The third-order valence-electron chi connectivity index (χ3n) is 3.06. The maximum atomic E-state index is 13.0. The van der Waals surface area contributed by atoms with Crippen molar-refractivity contribution in [3.63, 3.8) is 0 Å². The molecule has 2 N–H and O–H groups in total. The Hall–Kier alpha value is -1.14. The van der Waals surface area contributed by atoms with Crippen molar-refractivity contribution in [2.24, 2.45) is 0 Å². The van der Waals surface area contributed by atoms with Crippen LogP contribution in [0.3, 0.4) is 0 Å². The largest absolute Gasteiger partial charge is 0.394 e. The smallest absolute Gasteiger partial charge is 0.221 e. The van der Waals surface area contributed by atoms with E-state index in [1.807, 2.05) is 6.92 Å². The topological polar surface area (TPSA) is 49.3 Å². The number of carbonyl (C=O) groups excluding carboxylic acids is 1. The van der Waals surface area contributed by atoms with Gasteiger partial charge in [-0.25, -0.2) is 8.78 Å². The second-order valence-electron chi connectivity index (χ2n) is 4.79. The van der Waals surface area contributed by atoms with Crippen molar-refractivity contribution >= 4 is 17.7 Å². The van der Waals surface area contributed by atoms with Crippen molar-refractivity contribution in [2.45, 2.75) is 37.1 Å². The fourth-order valence-corrected chi connectivity index (χ4v) is 2.34. The second-order valence-corrected chi connectivity index (χ2v) is 5.96. The van der Waals surface area contributed by atoms with Crippen molar-refractivity contribution in [2.75, 3.05) is 12.4 Å². The third-order valence-corrected chi connectivity index (χ3v) is 4.05. The van der Waals surface area contributed by atoms with Gasteiger partial charge >= 0.3 is 0 Å². The van der Waals surface area contributed by atoms with E-state index in [-0.39, 0.29) is 18.9 Å². The predicted octanol–water partition coefficient (Wildman–Crippen LogP) is 2.72. The number of benzene rings is 1. The third kappa shape index (κ3) is 5.09. The summed E-state index contributed by atoms with van der Waals surface area (Å²) >= 11 is 1.28. The van der Waals surface area contributed by atoms with Gasteiger partial charge in [-0.1, -0.05) is 6.92 Å². The number of aliphatic hydroxyl groups is 1. The van der Waals surface area contributed by atoms with Gasteiger partial charge in [-0.15, -0.1) is 11.8 Å². The molecule has 1 amide bonds. The molecule has 0 aliphatic rings. The summed E-state index contributed by atoms with van der Waals surface area (Å²) in [5.74, 6) is -1.48. The van der Waals surface area contributed by atoms with E-state index in [9.17, 15) is 18.7 Å². The van der Waals surface area contributed by atoms with Crippen LogP contribution in [0.4, 0.5) is 8.78 Å². The molecule has 0 saturated heterocycles. The first-order chi connectivity index (χ1) is 9.40. The summed E-state index contributed by atoms with van der Waals surface area (Å²) in [5.41, 5.74) is -0.607. The molecule has 20 heavy (non-hydrogen) atoms. The molecule has 0 bridgehead atoms. The zero-order valence-electron chi connectivity index (χ0n) is 11.6. The van der Waals surface area contributed by atoms with Gasteiger partial charge in [0.2, 0.25) is 5.91 Å². The highest BCUT2D eigenvalue weighted by Crippen LogP contribution is 2.21. The van der Waals surface area contributed by atoms with Crippen LogP contribution in [0, 0.1) is 11.6 Å². The molecule has 1 aromatic carbocycles. The summed E-state index contributed by atoms with van der Waals surface area (Å²) in [6, 6.07) is 3.66. The van der Waals surface area contributed by atoms with Crippen molar-refractivity contribution in [3.8, 4) is 0 Å². The van der Waals surface area contributed by atoms with E-state index < -0.39 is 17.2 Å². The first kappa shape index (κ1) is 16.9. The van der Waals surface area contributed by atoms with Gasteiger partial charge in [0, 0.05) is 17.1 Å². The Morgan fingerprint density at radius 3 is 2.65 bits per heavy atom. The fourth-order valence-electron chi connectivity index (χ4n) is 1.47. The lowest BCUT2D eigenvalue weighted by molar-refractivity contribution is -0.123. The number of rotatable bonds is 7. The molecule has 0 aliphatic heterocycles. The van der Waals surface area contributed by atoms with Gasteiger partial charge in [-0.3, -0.25) is 4.79 Å². The minimum atomic E-state index is -0.890. The molecule has 112 valence electrons. The molecule has 0 aromatic heterocycles. The van der Waals surface area contributed by atoms with Crippen LogP contribution in [-0.4, -0.2) is 28.9 Å². The molecule has 1 unspecified atom stereocenters. The van der Waals surface area contributed by atoms with Crippen LogP contribution in [0.1, 0.15) is 26.7 Å². The van der Waals surface area contributed by atoms with Crippen LogP contribution in [0.25, 0.3) is 0 Å². The van der Waals surface area contributed by atoms with E-state index in [0.717, 1.165) is 12.1 Å². The number of aliphatic hydroxyl groups excluding tert-OH is 1. The number of hydrogen-bond acceptors (Lipinski definition) is 3. The van der Waals surface area contributed by atoms with Gasteiger partial charge in [0.1, 0.15) is 0 Å². The maximum absolute atomic E-state index is 13.0. The van der Waals surface area contributed by atoms with Gasteiger partial charge < -0.3 is 10.4 Å². The number of halogens is 2. The standard InChI is InChI=1S/C14H19F2NO2S/c1-3-14(2,9-18)17-13(19)6-7-20-10-4-5-11(15)12(16)8-10/h4-5,8,18H,3,6-7,9H2,1-2H3,(H,17,19). The number of thioether (sulfide) groups is 1. The molecule has 6 heteroatoms. The Bertz CT molecular complexity index is 464. The summed E-state index contributed by atoms with van der Waals surface area (Å²) in [6.45, 7) is 3.53. The van der Waals surface area contributed by atoms with Crippen LogP contribution in [0.15, 0.2) is 23.1 Å². The lowest BCUT2D eigenvalue weighted by Crippen LogP contribution is -2.48. The van der Waals surface area contributed by atoms with Gasteiger partial charge in [0.15, 0.2) is 11.6 Å². The van der Waals surface area contributed by atoms with E-state index >= 15 is 0 Å². The minimum absolute atomic E-state index is 0.119. The van der Waals surface area contributed by atoms with Crippen LogP contribution in [0.2, 0.25) is 0 Å². The summed E-state index contributed by atoms with van der Waals surface area (Å²) < 4.78 is 25.7. The second kappa shape index (κ2) is 7.59. The SMILES string of the molecule is CCC(C)(CO)NC(=O)CCSc1ccc(F)c(F)c1. The van der Waals surface area contributed by atoms with Gasteiger partial charge in [0.05, 0.1) is 12.1 Å². The van der Waals surface area contributed by atoms with Gasteiger partial charge in [0.25, 0.3) is 0 Å². The van der Waals surface area contributed by atoms with Crippen molar-refractivity contribution in [1.82, 2.24) is 5.32 Å². The molecular formula is C14H19F2NO2S. The van der Waals surface area contributed by atoms with Gasteiger partial charge in [-0.2, -0.15) is 0 Å². The van der Waals surface area contributed by atoms with E-state index in [4.69, 9.17) is 0 Å². The van der Waals surface area contributed by atoms with Crippen molar-refractivity contribution in [3.05, 3.63) is 29.8 Å². The molecule has 0 spiro atoms. The van der Waals surface area contributed by atoms with Crippen molar-refractivity contribution in [1.29, 1.82) is 0 Å². The predicted molar refractivity (Wildman–Crippen MR) is 75.6 cm³/mol. The quantitative estimate of drug-likeness (QED) is 0.762. The molecule has 1 aromatic rings. The Labute approximate surface area is 121 Å². The highest BCUT2D eigenvalue weighted by molar-refractivity contribution is 7.99. The molecule has 1 rings (SSSR count). The zero-order chi connectivity index (χ0) is 15.2.